The van der Waals surface area contributed by atoms with Gasteiger partial charge < -0.3 is 5.11 Å². The van der Waals surface area contributed by atoms with Crippen LogP contribution in [0.4, 0.5) is 0 Å². The van der Waals surface area contributed by atoms with Crippen LogP contribution in [0.2, 0.25) is 0 Å². The average Bonchev–Trinajstić information content (AvgIpc) is 3.06. The summed E-state index contributed by atoms with van der Waals surface area (Å²) in [5.41, 5.74) is 0.792. The lowest BCUT2D eigenvalue weighted by atomic mass is 9.44. The molecule has 0 spiro atoms. The van der Waals surface area contributed by atoms with Crippen LogP contribution in [0.3, 0.4) is 0 Å². The summed E-state index contributed by atoms with van der Waals surface area (Å²) < 4.78 is 0. The molecule has 0 amide bonds. The maximum absolute atomic E-state index is 11.1. The number of rotatable bonds is 6. The molecule has 1 heteroatoms. The second-order valence-corrected chi connectivity index (χ2v) is 13.2. The van der Waals surface area contributed by atoms with Gasteiger partial charge >= 0.3 is 0 Å². The summed E-state index contributed by atoms with van der Waals surface area (Å²) in [6.07, 6.45) is 16.5. The molecule has 4 aliphatic rings. The Morgan fingerprint density at radius 1 is 0.867 bits per heavy atom. The largest absolute Gasteiger partial charge is 0.393 e. The highest BCUT2D eigenvalue weighted by Crippen LogP contribution is 2.68. The number of aliphatic hydroxyl groups excluding tert-OH is 1. The van der Waals surface area contributed by atoms with Crippen molar-refractivity contribution in [1.82, 2.24) is 0 Å². The molecule has 1 nitrogen and oxygen atoms in total. The molecule has 0 radical (unpaired) electrons. The van der Waals surface area contributed by atoms with Crippen LogP contribution in [0.1, 0.15) is 119 Å². The fraction of sp³-hybridized carbons (Fsp3) is 1.00. The van der Waals surface area contributed by atoms with Crippen LogP contribution in [0.15, 0.2) is 0 Å². The highest BCUT2D eigenvalue weighted by Gasteiger charge is 2.61. The molecule has 4 fully saturated rings. The topological polar surface area (TPSA) is 20.2 Å². The molecular formula is C29H52O. The molecule has 1 N–H and O–H groups in total. The molecule has 30 heavy (non-hydrogen) atoms. The second kappa shape index (κ2) is 8.72. The van der Waals surface area contributed by atoms with Gasteiger partial charge in [-0.15, -0.1) is 0 Å². The molecule has 0 bridgehead atoms. The van der Waals surface area contributed by atoms with E-state index in [4.69, 9.17) is 0 Å². The van der Waals surface area contributed by atoms with Crippen LogP contribution in [-0.2, 0) is 0 Å². The zero-order valence-corrected chi connectivity index (χ0v) is 21.1. The van der Waals surface area contributed by atoms with Crippen LogP contribution < -0.4 is 0 Å². The van der Waals surface area contributed by atoms with E-state index >= 15 is 0 Å². The van der Waals surface area contributed by atoms with E-state index in [9.17, 15) is 5.11 Å². The first-order chi connectivity index (χ1) is 14.2. The number of fused-ring (bicyclic) bond motifs is 5. The first-order valence-electron chi connectivity index (χ1n) is 13.9. The summed E-state index contributed by atoms with van der Waals surface area (Å²) in [6.45, 7) is 15.0. The molecule has 0 saturated heterocycles. The van der Waals surface area contributed by atoms with Gasteiger partial charge in [-0.2, -0.15) is 0 Å². The van der Waals surface area contributed by atoms with Crippen molar-refractivity contribution in [2.45, 2.75) is 125 Å². The molecule has 0 aromatic heterocycles. The van der Waals surface area contributed by atoms with Gasteiger partial charge in [-0.1, -0.05) is 60.8 Å². The highest BCUT2D eigenvalue weighted by atomic mass is 16.3. The molecular weight excluding hydrogens is 364 g/mol. The van der Waals surface area contributed by atoms with Crippen molar-refractivity contribution >= 4 is 0 Å². The molecule has 0 aromatic carbocycles. The van der Waals surface area contributed by atoms with Crippen LogP contribution in [0.5, 0.6) is 0 Å². The summed E-state index contributed by atoms with van der Waals surface area (Å²) >= 11 is 0. The molecule has 4 rings (SSSR count). The lowest BCUT2D eigenvalue weighted by Gasteiger charge is -2.62. The highest BCUT2D eigenvalue weighted by molar-refractivity contribution is 5.10. The zero-order valence-electron chi connectivity index (χ0n) is 21.1. The van der Waals surface area contributed by atoms with E-state index in [0.29, 0.717) is 5.41 Å². The van der Waals surface area contributed by atoms with Gasteiger partial charge in [0.2, 0.25) is 0 Å². The van der Waals surface area contributed by atoms with Gasteiger partial charge in [0.15, 0.2) is 0 Å². The Morgan fingerprint density at radius 2 is 1.63 bits per heavy atom. The first kappa shape index (κ1) is 23.1. The van der Waals surface area contributed by atoms with E-state index in [1.807, 2.05) is 0 Å². The third-order valence-corrected chi connectivity index (χ3v) is 11.9. The van der Waals surface area contributed by atoms with Crippen LogP contribution in [0.25, 0.3) is 0 Å². The van der Waals surface area contributed by atoms with Crippen LogP contribution >= 0.6 is 0 Å². The lowest BCUT2D eigenvalue weighted by Crippen LogP contribution is -2.57. The fourth-order valence-corrected chi connectivity index (χ4v) is 9.98. The molecule has 174 valence electrons. The monoisotopic (exact) mass is 416 g/mol. The normalized spacial score (nSPS) is 48.0. The summed E-state index contributed by atoms with van der Waals surface area (Å²) in [7, 11) is 0. The molecule has 0 aliphatic heterocycles. The molecule has 0 heterocycles. The Morgan fingerprint density at radius 3 is 2.33 bits per heavy atom. The second-order valence-electron chi connectivity index (χ2n) is 13.2. The predicted octanol–water partition coefficient (Wildman–Crippen LogP) is 8.10. The van der Waals surface area contributed by atoms with Gasteiger partial charge in [0, 0.05) is 0 Å². The van der Waals surface area contributed by atoms with Gasteiger partial charge in [0.25, 0.3) is 0 Å². The Hall–Kier alpha value is -0.0400. The number of hydrogen-bond acceptors (Lipinski definition) is 1. The van der Waals surface area contributed by atoms with E-state index in [-0.39, 0.29) is 11.5 Å². The zero-order chi connectivity index (χ0) is 21.7. The SMILES string of the molecule is CC[C@H](CC[C@@H](C)[C@H]1CC[C@H]2[C@@H]3CCC4CCCC(O)[C@]4(C)[C@H]3CC[C@]12C)C(C)C. The van der Waals surface area contributed by atoms with Gasteiger partial charge in [-0.25, -0.2) is 0 Å². The molecule has 4 aliphatic carbocycles. The Kier molecular flexibility index (Phi) is 6.72. The Balaban J connectivity index is 1.47. The van der Waals surface area contributed by atoms with E-state index in [1.54, 1.807) is 0 Å². The minimum atomic E-state index is -0.0356. The van der Waals surface area contributed by atoms with Gasteiger partial charge in [-0.3, -0.25) is 0 Å². The van der Waals surface area contributed by atoms with Crippen molar-refractivity contribution in [3.8, 4) is 0 Å². The lowest BCUT2D eigenvalue weighted by molar-refractivity contribution is -0.164. The van der Waals surface area contributed by atoms with Crippen molar-refractivity contribution < 1.29 is 5.11 Å². The van der Waals surface area contributed by atoms with Gasteiger partial charge in [0.1, 0.15) is 0 Å². The Labute approximate surface area is 188 Å². The number of aliphatic hydroxyl groups is 1. The maximum atomic E-state index is 11.1. The third kappa shape index (κ3) is 3.62. The smallest absolute Gasteiger partial charge is 0.0599 e. The predicted molar refractivity (Wildman–Crippen MR) is 128 cm³/mol. The minimum absolute atomic E-state index is 0.0356. The molecule has 4 saturated carbocycles. The van der Waals surface area contributed by atoms with E-state index in [2.05, 4.69) is 41.5 Å². The van der Waals surface area contributed by atoms with Crippen molar-refractivity contribution in [3.63, 3.8) is 0 Å². The summed E-state index contributed by atoms with van der Waals surface area (Å²) in [4.78, 5) is 0. The number of hydrogen-bond donors (Lipinski definition) is 1. The Bertz CT molecular complexity index is 583. The fourth-order valence-electron chi connectivity index (χ4n) is 9.98. The van der Waals surface area contributed by atoms with Gasteiger partial charge in [-0.05, 0) is 116 Å². The summed E-state index contributed by atoms with van der Waals surface area (Å²) in [6, 6.07) is 0. The van der Waals surface area contributed by atoms with Crippen molar-refractivity contribution in [2.24, 2.45) is 58.2 Å². The average molecular weight is 417 g/mol. The van der Waals surface area contributed by atoms with Crippen molar-refractivity contribution in [2.75, 3.05) is 0 Å². The molecule has 10 atom stereocenters. The third-order valence-electron chi connectivity index (χ3n) is 11.9. The molecule has 2 unspecified atom stereocenters. The standard InChI is InChI=1S/C29H52O/c1-7-21(19(2)3)12-11-20(4)24-15-16-25-23-14-13-22-9-8-10-27(30)29(22,6)26(23)17-18-28(24,25)5/h19-27,30H,7-18H2,1-6H3/t20-,21-,22?,23+,24-,25+,26+,27?,28-,29+/m1/s1. The quantitative estimate of drug-likeness (QED) is 0.463. The van der Waals surface area contributed by atoms with Gasteiger partial charge in [0.05, 0.1) is 6.10 Å². The summed E-state index contributed by atoms with van der Waals surface area (Å²) in [5, 5.41) is 11.1. The maximum Gasteiger partial charge on any atom is 0.0599 e. The molecule has 0 aromatic rings. The van der Waals surface area contributed by atoms with E-state index < -0.39 is 0 Å². The first-order valence-corrected chi connectivity index (χ1v) is 13.9. The van der Waals surface area contributed by atoms with E-state index in [0.717, 1.165) is 53.8 Å². The summed E-state index contributed by atoms with van der Waals surface area (Å²) in [5.74, 6) is 7.00. The minimum Gasteiger partial charge on any atom is -0.393 e. The van der Waals surface area contributed by atoms with Crippen molar-refractivity contribution in [1.29, 1.82) is 0 Å². The van der Waals surface area contributed by atoms with E-state index in [1.165, 1.54) is 70.6 Å². The van der Waals surface area contributed by atoms with Crippen LogP contribution in [0, 0.1) is 58.2 Å². The van der Waals surface area contributed by atoms with Crippen LogP contribution in [-0.4, -0.2) is 11.2 Å². The van der Waals surface area contributed by atoms with Crippen molar-refractivity contribution in [3.05, 3.63) is 0 Å².